The van der Waals surface area contributed by atoms with Crippen LogP contribution in [0.25, 0.3) is 0 Å². The van der Waals surface area contributed by atoms with E-state index in [1.807, 2.05) is 19.1 Å². The van der Waals surface area contributed by atoms with Crippen molar-refractivity contribution in [2.24, 2.45) is 0 Å². The Labute approximate surface area is 135 Å². The molecule has 3 rings (SSSR count). The van der Waals surface area contributed by atoms with E-state index in [-0.39, 0.29) is 16.5 Å². The molecule has 120 valence electrons. The molecule has 0 unspecified atom stereocenters. The van der Waals surface area contributed by atoms with Crippen LogP contribution in [0.15, 0.2) is 53.4 Å². The van der Waals surface area contributed by atoms with E-state index in [0.29, 0.717) is 5.69 Å². The van der Waals surface area contributed by atoms with E-state index >= 15 is 0 Å². The highest BCUT2D eigenvalue weighted by Crippen LogP contribution is 2.35. The number of carboxylic acid groups (broad SMARTS) is 1. The molecule has 6 heteroatoms. The quantitative estimate of drug-likeness (QED) is 0.856. The summed E-state index contributed by atoms with van der Waals surface area (Å²) in [6.07, 6.45) is 1.54. The second-order valence-electron chi connectivity index (χ2n) is 5.63. The highest BCUT2D eigenvalue weighted by atomic mass is 32.2. The van der Waals surface area contributed by atoms with Crippen LogP contribution in [0.2, 0.25) is 0 Å². The Hall–Kier alpha value is -2.34. The maximum absolute atomic E-state index is 13.0. The minimum atomic E-state index is -3.84. The van der Waals surface area contributed by atoms with Gasteiger partial charge in [0.05, 0.1) is 16.6 Å². The molecule has 1 aliphatic heterocycles. The number of hydrogen-bond acceptors (Lipinski definition) is 4. The fraction of sp³-hybridized carbons (Fsp3) is 0.235. The number of fused-ring (bicyclic) bond motifs is 1. The number of aromatic carboxylic acids is 1. The zero-order valence-corrected chi connectivity index (χ0v) is 13.4. The first-order valence-corrected chi connectivity index (χ1v) is 8.79. The van der Waals surface area contributed by atoms with E-state index < -0.39 is 16.0 Å². The van der Waals surface area contributed by atoms with Gasteiger partial charge < -0.3 is 9.90 Å². The molecular weight excluding hydrogens is 314 g/mol. The molecular formula is C17H16NO4S-. The first-order chi connectivity index (χ1) is 10.9. The van der Waals surface area contributed by atoms with Crippen molar-refractivity contribution in [1.29, 1.82) is 0 Å². The maximum atomic E-state index is 13.0. The molecule has 2 aromatic rings. The highest BCUT2D eigenvalue weighted by molar-refractivity contribution is 7.92. The number of hydrogen-bond donors (Lipinski definition) is 0. The Kier molecular flexibility index (Phi) is 3.85. The van der Waals surface area contributed by atoms with Crippen molar-refractivity contribution < 1.29 is 18.3 Å². The van der Waals surface area contributed by atoms with Gasteiger partial charge in [-0.25, -0.2) is 8.42 Å². The number of benzene rings is 2. The minimum absolute atomic E-state index is 0.0391. The zero-order chi connectivity index (χ0) is 16.6. The number of rotatable bonds is 3. The number of para-hydroxylation sites is 1. The number of nitrogens with zero attached hydrogens (tertiary/aromatic N) is 1. The fourth-order valence-corrected chi connectivity index (χ4v) is 4.69. The normalized spacial score (nSPS) is 17.6. The number of sulfonamides is 1. The van der Waals surface area contributed by atoms with Gasteiger partial charge in [0.25, 0.3) is 10.0 Å². The van der Waals surface area contributed by atoms with Crippen LogP contribution in [0.5, 0.6) is 0 Å². The summed E-state index contributed by atoms with van der Waals surface area (Å²) >= 11 is 0. The monoisotopic (exact) mass is 330 g/mol. The van der Waals surface area contributed by atoms with Gasteiger partial charge in [-0.15, -0.1) is 0 Å². The van der Waals surface area contributed by atoms with Gasteiger partial charge in [0.2, 0.25) is 0 Å². The molecule has 0 radical (unpaired) electrons. The van der Waals surface area contributed by atoms with Crippen molar-refractivity contribution in [1.82, 2.24) is 0 Å². The van der Waals surface area contributed by atoms with E-state index in [1.165, 1.54) is 22.5 Å². The van der Waals surface area contributed by atoms with Crippen LogP contribution in [0.1, 0.15) is 29.3 Å². The van der Waals surface area contributed by atoms with Crippen LogP contribution in [-0.4, -0.2) is 20.4 Å². The van der Waals surface area contributed by atoms with Crippen molar-refractivity contribution in [2.75, 3.05) is 4.31 Å². The molecule has 0 saturated carbocycles. The van der Waals surface area contributed by atoms with Gasteiger partial charge in [0.1, 0.15) is 0 Å². The lowest BCUT2D eigenvalue weighted by atomic mass is 9.99. The Balaban J connectivity index is 2.13. The molecule has 0 N–H and O–H groups in total. The van der Waals surface area contributed by atoms with E-state index in [4.69, 9.17) is 0 Å². The third-order valence-electron chi connectivity index (χ3n) is 4.09. The molecule has 1 aliphatic rings. The van der Waals surface area contributed by atoms with Crippen LogP contribution in [0.4, 0.5) is 5.69 Å². The van der Waals surface area contributed by atoms with Crippen molar-refractivity contribution in [3.63, 3.8) is 0 Å². The molecule has 1 heterocycles. The summed E-state index contributed by atoms with van der Waals surface area (Å²) in [5.41, 5.74) is 1.49. The van der Waals surface area contributed by atoms with Gasteiger partial charge in [0.15, 0.2) is 0 Å². The first kappa shape index (κ1) is 15.6. The molecule has 0 bridgehead atoms. The van der Waals surface area contributed by atoms with Crippen LogP contribution in [0.3, 0.4) is 0 Å². The number of carboxylic acids is 1. The largest absolute Gasteiger partial charge is 0.545 e. The van der Waals surface area contributed by atoms with E-state index in [9.17, 15) is 18.3 Å². The molecule has 5 nitrogen and oxygen atoms in total. The van der Waals surface area contributed by atoms with Gasteiger partial charge in [-0.1, -0.05) is 30.3 Å². The number of anilines is 1. The smallest absolute Gasteiger partial charge is 0.264 e. The summed E-state index contributed by atoms with van der Waals surface area (Å²) in [6, 6.07) is 12.5. The van der Waals surface area contributed by atoms with Gasteiger partial charge >= 0.3 is 0 Å². The number of carbonyl (C=O) groups is 1. The summed E-state index contributed by atoms with van der Waals surface area (Å²) in [4.78, 5) is 11.0. The van der Waals surface area contributed by atoms with Crippen LogP contribution < -0.4 is 9.41 Å². The molecule has 1 atom stereocenters. The summed E-state index contributed by atoms with van der Waals surface area (Å²) < 4.78 is 27.5. The highest BCUT2D eigenvalue weighted by Gasteiger charge is 2.33. The second-order valence-corrected chi connectivity index (χ2v) is 7.45. The molecule has 0 fully saturated rings. The molecule has 0 aliphatic carbocycles. The van der Waals surface area contributed by atoms with E-state index in [1.54, 1.807) is 12.1 Å². The molecule has 0 aromatic heterocycles. The molecule has 0 amide bonds. The lowest BCUT2D eigenvalue weighted by Crippen LogP contribution is -2.42. The van der Waals surface area contributed by atoms with Crippen molar-refractivity contribution >= 4 is 21.7 Å². The predicted octanol–water partition coefficient (Wildman–Crippen LogP) is 1.58. The van der Waals surface area contributed by atoms with Crippen molar-refractivity contribution in [3.8, 4) is 0 Å². The Morgan fingerprint density at radius 3 is 2.65 bits per heavy atom. The maximum Gasteiger partial charge on any atom is 0.264 e. The van der Waals surface area contributed by atoms with Gasteiger partial charge in [-0.05, 0) is 49.1 Å². The third kappa shape index (κ3) is 2.70. The fourth-order valence-electron chi connectivity index (χ4n) is 2.92. The van der Waals surface area contributed by atoms with Crippen LogP contribution >= 0.6 is 0 Å². The Morgan fingerprint density at radius 2 is 1.91 bits per heavy atom. The lowest BCUT2D eigenvalue weighted by Gasteiger charge is -2.36. The average Bonchev–Trinajstić information content (AvgIpc) is 2.54. The molecule has 23 heavy (non-hydrogen) atoms. The third-order valence-corrected chi connectivity index (χ3v) is 6.01. The van der Waals surface area contributed by atoms with E-state index in [2.05, 4.69) is 0 Å². The summed E-state index contributed by atoms with van der Waals surface area (Å²) in [5, 5.41) is 11.0. The molecule has 0 spiro atoms. The Bertz CT molecular complexity index is 860. The second kappa shape index (κ2) is 5.70. The number of carbonyl (C=O) groups excluding carboxylic acids is 1. The average molecular weight is 330 g/mol. The van der Waals surface area contributed by atoms with Crippen molar-refractivity contribution in [2.45, 2.75) is 30.7 Å². The molecule has 0 saturated heterocycles. The van der Waals surface area contributed by atoms with E-state index in [0.717, 1.165) is 24.5 Å². The van der Waals surface area contributed by atoms with Gasteiger partial charge in [-0.3, -0.25) is 4.31 Å². The Morgan fingerprint density at radius 1 is 1.17 bits per heavy atom. The topological polar surface area (TPSA) is 77.5 Å². The summed E-state index contributed by atoms with van der Waals surface area (Å²) in [6.45, 7) is 1.86. The molecule has 2 aromatic carbocycles. The predicted molar refractivity (Wildman–Crippen MR) is 84.7 cm³/mol. The van der Waals surface area contributed by atoms with Crippen LogP contribution in [-0.2, 0) is 16.4 Å². The minimum Gasteiger partial charge on any atom is -0.545 e. The lowest BCUT2D eigenvalue weighted by molar-refractivity contribution is -0.255. The standard InChI is InChI=1S/C17H17NO4S/c1-12-9-10-13-5-2-3-8-16(13)18(12)23(21,22)15-7-4-6-14(11-15)17(19)20/h2-8,11-12H,9-10H2,1H3,(H,19,20)/p-1/t12-/m1/s1. The zero-order valence-electron chi connectivity index (χ0n) is 12.6. The van der Waals surface area contributed by atoms with Gasteiger partial charge in [-0.2, -0.15) is 0 Å². The summed E-state index contributed by atoms with van der Waals surface area (Å²) in [7, 11) is -3.84. The SMILES string of the molecule is C[C@@H]1CCc2ccccc2N1S(=O)(=O)c1cccc(C(=O)[O-])c1. The first-order valence-electron chi connectivity index (χ1n) is 7.35. The van der Waals surface area contributed by atoms with Gasteiger partial charge in [0, 0.05) is 6.04 Å². The van der Waals surface area contributed by atoms with Crippen molar-refractivity contribution in [3.05, 3.63) is 59.7 Å². The summed E-state index contributed by atoms with van der Waals surface area (Å²) in [5.74, 6) is -1.39. The van der Waals surface area contributed by atoms with Crippen LogP contribution in [0, 0.1) is 0 Å². The number of aryl methyl sites for hydroxylation is 1.